The molecule has 0 radical (unpaired) electrons. The van der Waals surface area contributed by atoms with Crippen molar-refractivity contribution in [3.05, 3.63) is 12.2 Å². The average molecular weight is 184 g/mol. The molecule has 0 spiro atoms. The molecule has 1 aliphatic heterocycles. The molecule has 1 heterocycles. The maximum absolute atomic E-state index is 10.8. The summed E-state index contributed by atoms with van der Waals surface area (Å²) in [5.41, 5.74) is -3.11. The van der Waals surface area contributed by atoms with Gasteiger partial charge in [-0.25, -0.2) is 9.59 Å². The van der Waals surface area contributed by atoms with Crippen molar-refractivity contribution in [3.8, 4) is 0 Å². The van der Waals surface area contributed by atoms with Gasteiger partial charge in [-0.05, 0) is 18.9 Å². The van der Waals surface area contributed by atoms with Crippen molar-refractivity contribution in [2.24, 2.45) is 0 Å². The molecule has 5 nitrogen and oxygen atoms in total. The van der Waals surface area contributed by atoms with E-state index in [1.165, 1.54) is 6.08 Å². The second-order valence-electron chi connectivity index (χ2n) is 3.22. The van der Waals surface area contributed by atoms with Crippen molar-refractivity contribution in [2.75, 3.05) is 0 Å². The molecule has 2 rings (SSSR count). The third kappa shape index (κ3) is 0.746. The van der Waals surface area contributed by atoms with E-state index in [0.29, 0.717) is 6.42 Å². The van der Waals surface area contributed by atoms with Crippen molar-refractivity contribution >= 4 is 11.9 Å². The molecule has 0 amide bonds. The fourth-order valence-electron chi connectivity index (χ4n) is 1.79. The molecule has 0 aromatic heterocycles. The molecule has 0 aromatic rings. The largest absolute Gasteiger partial charge is 0.479 e. The Balaban J connectivity index is 2.41. The van der Waals surface area contributed by atoms with Crippen molar-refractivity contribution in [2.45, 2.75) is 24.0 Å². The smallest absolute Gasteiger partial charge is 0.343 e. The summed E-state index contributed by atoms with van der Waals surface area (Å²) in [6.07, 6.45) is 3.74. The Morgan fingerprint density at radius 1 is 1.31 bits per heavy atom. The predicted molar refractivity (Wildman–Crippen MR) is 40.2 cm³/mol. The van der Waals surface area contributed by atoms with E-state index in [1.807, 2.05) is 0 Å². The fraction of sp³-hybridized carbons (Fsp3) is 0.500. The second kappa shape index (κ2) is 2.11. The van der Waals surface area contributed by atoms with E-state index in [4.69, 9.17) is 14.9 Å². The summed E-state index contributed by atoms with van der Waals surface area (Å²) in [5.74, 6) is -2.43. The van der Waals surface area contributed by atoms with Crippen molar-refractivity contribution < 1.29 is 24.5 Å². The summed E-state index contributed by atoms with van der Waals surface area (Å²) in [6, 6.07) is 0. The SMILES string of the molecule is O=C(O)C12C=CCCC1(C(=O)O)O2. The van der Waals surface area contributed by atoms with Gasteiger partial charge in [0.1, 0.15) is 0 Å². The Kier molecular flexibility index (Phi) is 1.34. The van der Waals surface area contributed by atoms with Crippen LogP contribution in [-0.2, 0) is 14.3 Å². The maximum Gasteiger partial charge on any atom is 0.343 e. The van der Waals surface area contributed by atoms with E-state index >= 15 is 0 Å². The zero-order valence-corrected chi connectivity index (χ0v) is 6.69. The predicted octanol–water partition coefficient (Wildman–Crippen LogP) is 0.0134. The minimum atomic E-state index is -1.60. The molecule has 13 heavy (non-hydrogen) atoms. The van der Waals surface area contributed by atoms with E-state index in [2.05, 4.69) is 0 Å². The second-order valence-corrected chi connectivity index (χ2v) is 3.22. The first kappa shape index (κ1) is 8.25. The number of hydrogen-bond donors (Lipinski definition) is 2. The molecule has 0 aromatic carbocycles. The van der Waals surface area contributed by atoms with Gasteiger partial charge in [0.25, 0.3) is 0 Å². The highest BCUT2D eigenvalue weighted by atomic mass is 16.7. The maximum atomic E-state index is 10.8. The third-order valence-corrected chi connectivity index (χ3v) is 2.57. The summed E-state index contributed by atoms with van der Waals surface area (Å²) in [6.45, 7) is 0. The Bertz CT molecular complexity index is 320. The average Bonchev–Trinajstić information content (AvgIpc) is 2.75. The Hall–Kier alpha value is -1.36. The molecule has 5 heteroatoms. The number of allylic oxidation sites excluding steroid dienone is 1. The molecule has 2 aliphatic rings. The van der Waals surface area contributed by atoms with Crippen molar-refractivity contribution in [1.29, 1.82) is 0 Å². The molecule has 2 unspecified atom stereocenters. The quantitative estimate of drug-likeness (QED) is 0.466. The molecule has 1 aliphatic carbocycles. The molecule has 0 bridgehead atoms. The number of ether oxygens (including phenoxy) is 1. The lowest BCUT2D eigenvalue weighted by molar-refractivity contribution is -0.146. The monoisotopic (exact) mass is 184 g/mol. The van der Waals surface area contributed by atoms with Crippen LogP contribution >= 0.6 is 0 Å². The fourth-order valence-corrected chi connectivity index (χ4v) is 1.79. The van der Waals surface area contributed by atoms with Crippen LogP contribution in [-0.4, -0.2) is 33.4 Å². The summed E-state index contributed by atoms with van der Waals surface area (Å²) in [5, 5.41) is 17.6. The number of carbonyl (C=O) groups is 2. The van der Waals surface area contributed by atoms with E-state index in [9.17, 15) is 9.59 Å². The van der Waals surface area contributed by atoms with Gasteiger partial charge in [0.2, 0.25) is 11.2 Å². The first-order chi connectivity index (χ1) is 6.05. The summed E-state index contributed by atoms with van der Waals surface area (Å²) < 4.78 is 4.89. The van der Waals surface area contributed by atoms with Crippen LogP contribution in [0.2, 0.25) is 0 Å². The summed E-state index contributed by atoms with van der Waals surface area (Å²) in [4.78, 5) is 21.6. The first-order valence-electron chi connectivity index (χ1n) is 3.90. The number of fused-ring (bicyclic) bond motifs is 1. The molecular weight excluding hydrogens is 176 g/mol. The summed E-state index contributed by atoms with van der Waals surface area (Å²) >= 11 is 0. The lowest BCUT2D eigenvalue weighted by Crippen LogP contribution is -2.39. The van der Waals surface area contributed by atoms with Gasteiger partial charge in [-0.1, -0.05) is 6.08 Å². The van der Waals surface area contributed by atoms with Crippen LogP contribution in [0.4, 0.5) is 0 Å². The van der Waals surface area contributed by atoms with Gasteiger partial charge >= 0.3 is 11.9 Å². The van der Waals surface area contributed by atoms with Crippen LogP contribution in [0, 0.1) is 0 Å². The molecule has 2 N–H and O–H groups in total. The van der Waals surface area contributed by atoms with Crippen LogP contribution in [0.5, 0.6) is 0 Å². The Labute approximate surface area is 73.6 Å². The zero-order valence-electron chi connectivity index (χ0n) is 6.69. The van der Waals surface area contributed by atoms with E-state index < -0.39 is 23.1 Å². The number of epoxide rings is 1. The highest BCUT2D eigenvalue weighted by Crippen LogP contribution is 2.55. The normalized spacial score (nSPS) is 40.9. The van der Waals surface area contributed by atoms with Crippen LogP contribution in [0.15, 0.2) is 12.2 Å². The molecule has 2 atom stereocenters. The molecule has 0 saturated carbocycles. The topological polar surface area (TPSA) is 87.1 Å². The number of rotatable bonds is 2. The van der Waals surface area contributed by atoms with Gasteiger partial charge in [-0.15, -0.1) is 0 Å². The van der Waals surface area contributed by atoms with E-state index in [-0.39, 0.29) is 6.42 Å². The van der Waals surface area contributed by atoms with Crippen LogP contribution in [0.1, 0.15) is 12.8 Å². The van der Waals surface area contributed by atoms with Gasteiger partial charge in [-0.3, -0.25) is 0 Å². The summed E-state index contributed by atoms with van der Waals surface area (Å²) in [7, 11) is 0. The number of aliphatic carboxylic acids is 2. The Morgan fingerprint density at radius 3 is 2.46 bits per heavy atom. The highest BCUT2D eigenvalue weighted by Gasteiger charge is 2.79. The molecule has 1 fully saturated rings. The van der Waals surface area contributed by atoms with Gasteiger partial charge in [-0.2, -0.15) is 0 Å². The van der Waals surface area contributed by atoms with Crippen molar-refractivity contribution in [1.82, 2.24) is 0 Å². The van der Waals surface area contributed by atoms with Crippen molar-refractivity contribution in [3.63, 3.8) is 0 Å². The van der Waals surface area contributed by atoms with E-state index in [1.54, 1.807) is 6.08 Å². The zero-order chi connectivity index (χ0) is 9.69. The van der Waals surface area contributed by atoms with Gasteiger partial charge in [0, 0.05) is 0 Å². The van der Waals surface area contributed by atoms with Gasteiger partial charge in [0.15, 0.2) is 0 Å². The highest BCUT2D eigenvalue weighted by molar-refractivity contribution is 5.98. The molecular formula is C8H8O5. The minimum absolute atomic E-state index is 0.227. The van der Waals surface area contributed by atoms with Gasteiger partial charge < -0.3 is 14.9 Å². The lowest BCUT2D eigenvalue weighted by Gasteiger charge is -2.12. The third-order valence-electron chi connectivity index (χ3n) is 2.57. The number of hydrogen-bond acceptors (Lipinski definition) is 3. The first-order valence-corrected chi connectivity index (χ1v) is 3.90. The number of carboxylic acids is 2. The lowest BCUT2D eigenvalue weighted by atomic mass is 9.84. The minimum Gasteiger partial charge on any atom is -0.479 e. The van der Waals surface area contributed by atoms with Crippen LogP contribution in [0.25, 0.3) is 0 Å². The standard InChI is InChI=1S/C8H8O5/c9-5(10)7-3-1-2-4-8(7,13-7)6(11)12/h1,3H,2,4H2,(H,9,10)(H,11,12). The Morgan fingerprint density at radius 2 is 2.00 bits per heavy atom. The number of carboxylic acid groups (broad SMARTS) is 2. The molecule has 70 valence electrons. The van der Waals surface area contributed by atoms with Crippen LogP contribution in [0.3, 0.4) is 0 Å². The molecule has 1 saturated heterocycles. The van der Waals surface area contributed by atoms with Crippen LogP contribution < -0.4 is 0 Å². The van der Waals surface area contributed by atoms with E-state index in [0.717, 1.165) is 0 Å². The van der Waals surface area contributed by atoms with Gasteiger partial charge in [0.05, 0.1) is 0 Å².